The van der Waals surface area contributed by atoms with Gasteiger partial charge in [-0.25, -0.2) is 0 Å². The van der Waals surface area contributed by atoms with E-state index in [0.717, 1.165) is 48.7 Å². The summed E-state index contributed by atoms with van der Waals surface area (Å²) in [5.41, 5.74) is 2.35. The zero-order chi connectivity index (χ0) is 25.8. The largest absolute Gasteiger partial charge is 0.497 e. The van der Waals surface area contributed by atoms with E-state index in [4.69, 9.17) is 30.5 Å². The van der Waals surface area contributed by atoms with Crippen LogP contribution in [0.5, 0.6) is 23.0 Å². The second-order valence-corrected chi connectivity index (χ2v) is 9.65. The molecule has 0 N–H and O–H groups in total. The number of piperazine rings is 1. The number of benzene rings is 3. The molecule has 2 heterocycles. The van der Waals surface area contributed by atoms with E-state index in [1.54, 1.807) is 26.4 Å². The quantitative estimate of drug-likeness (QED) is 0.392. The summed E-state index contributed by atoms with van der Waals surface area (Å²) in [5, 5.41) is 0.270. The number of rotatable bonds is 9. The number of carbonyl (C=O) groups is 1. The lowest BCUT2D eigenvalue weighted by Crippen LogP contribution is -2.49. The van der Waals surface area contributed by atoms with Gasteiger partial charge in [-0.05, 0) is 53.9 Å². The molecule has 3 aromatic carbocycles. The molecule has 194 valence electrons. The zero-order valence-electron chi connectivity index (χ0n) is 21.1. The van der Waals surface area contributed by atoms with Gasteiger partial charge in [0.05, 0.1) is 24.8 Å². The lowest BCUT2D eigenvalue weighted by Gasteiger charge is -2.34. The molecule has 0 spiro atoms. The molecule has 1 amide bonds. The SMILES string of the molecule is COc1ccc(COc2ccc(C(=O)N3CCN4CC[C@@H]3C4)c(Cl)c2OCc2ccc(OC)cc2)cc1. The Bertz CT molecular complexity index is 1230. The second kappa shape index (κ2) is 11.3. The van der Waals surface area contributed by atoms with Crippen molar-refractivity contribution in [1.82, 2.24) is 9.80 Å². The molecule has 8 heteroatoms. The van der Waals surface area contributed by atoms with Gasteiger partial charge in [0.1, 0.15) is 24.7 Å². The molecule has 2 saturated heterocycles. The fraction of sp³-hybridized carbons (Fsp3) is 0.345. The first kappa shape index (κ1) is 25.2. The standard InChI is InChI=1S/C29H31ClN2O5/c1-34-23-7-3-20(4-8-23)18-36-26-12-11-25(29(33)32-16-15-31-14-13-22(32)17-31)27(30)28(26)37-19-21-5-9-24(35-2)10-6-21/h3-12,22H,13-19H2,1-2H3/t22-/m1/s1. The summed E-state index contributed by atoms with van der Waals surface area (Å²) in [7, 11) is 3.26. The first-order chi connectivity index (χ1) is 18.1. The molecule has 1 unspecified atom stereocenters. The maximum absolute atomic E-state index is 13.6. The van der Waals surface area contributed by atoms with Gasteiger partial charge in [-0.1, -0.05) is 35.9 Å². The van der Waals surface area contributed by atoms with Crippen molar-refractivity contribution in [3.05, 3.63) is 82.4 Å². The van der Waals surface area contributed by atoms with Gasteiger partial charge in [0, 0.05) is 32.2 Å². The Morgan fingerprint density at radius 2 is 1.46 bits per heavy atom. The van der Waals surface area contributed by atoms with Gasteiger partial charge in [-0.3, -0.25) is 9.69 Å². The average Bonchev–Trinajstić information content (AvgIpc) is 3.31. The number of halogens is 1. The van der Waals surface area contributed by atoms with E-state index in [9.17, 15) is 4.79 Å². The molecule has 0 aliphatic carbocycles. The number of hydrogen-bond donors (Lipinski definition) is 0. The molecule has 0 radical (unpaired) electrons. The van der Waals surface area contributed by atoms with E-state index >= 15 is 0 Å². The smallest absolute Gasteiger partial charge is 0.255 e. The maximum atomic E-state index is 13.6. The molecular weight excluding hydrogens is 492 g/mol. The van der Waals surface area contributed by atoms with Crippen LogP contribution in [0.1, 0.15) is 27.9 Å². The molecule has 0 aromatic heterocycles. The van der Waals surface area contributed by atoms with Gasteiger partial charge >= 0.3 is 0 Å². The van der Waals surface area contributed by atoms with Crippen molar-refractivity contribution in [2.45, 2.75) is 25.7 Å². The van der Waals surface area contributed by atoms with Crippen LogP contribution in [-0.4, -0.2) is 62.1 Å². The van der Waals surface area contributed by atoms with Crippen LogP contribution in [0.2, 0.25) is 5.02 Å². The molecule has 7 nitrogen and oxygen atoms in total. The highest BCUT2D eigenvalue weighted by atomic mass is 35.5. The molecule has 2 bridgehead atoms. The van der Waals surface area contributed by atoms with E-state index in [2.05, 4.69) is 4.90 Å². The molecule has 3 aromatic rings. The van der Waals surface area contributed by atoms with Gasteiger partial charge in [0.15, 0.2) is 11.5 Å². The Hall–Kier alpha value is -3.42. The van der Waals surface area contributed by atoms with Gasteiger partial charge in [0.25, 0.3) is 5.91 Å². The van der Waals surface area contributed by atoms with Crippen LogP contribution in [0.4, 0.5) is 0 Å². The number of carbonyl (C=O) groups excluding carboxylic acids is 1. The van der Waals surface area contributed by atoms with Crippen molar-refractivity contribution in [2.75, 3.05) is 40.4 Å². The highest BCUT2D eigenvalue weighted by Gasteiger charge is 2.36. The molecule has 0 saturated carbocycles. The van der Waals surface area contributed by atoms with Crippen LogP contribution in [0.25, 0.3) is 0 Å². The molecule has 2 aliphatic rings. The molecule has 5 rings (SSSR count). The number of fused-ring (bicyclic) bond motifs is 2. The van der Waals surface area contributed by atoms with Crippen LogP contribution < -0.4 is 18.9 Å². The fourth-order valence-electron chi connectivity index (χ4n) is 4.84. The Morgan fingerprint density at radius 1 is 0.838 bits per heavy atom. The Kier molecular flexibility index (Phi) is 7.72. The molecular formula is C29H31ClN2O5. The van der Waals surface area contributed by atoms with E-state index in [1.807, 2.05) is 53.4 Å². The number of hydrogen-bond acceptors (Lipinski definition) is 6. The number of amides is 1. The monoisotopic (exact) mass is 522 g/mol. The average molecular weight is 523 g/mol. The van der Waals surface area contributed by atoms with Crippen molar-refractivity contribution in [3.63, 3.8) is 0 Å². The van der Waals surface area contributed by atoms with E-state index < -0.39 is 0 Å². The van der Waals surface area contributed by atoms with E-state index in [-0.39, 0.29) is 23.6 Å². The summed E-state index contributed by atoms with van der Waals surface area (Å²) < 4.78 is 22.8. The number of ether oxygens (including phenoxy) is 4. The van der Waals surface area contributed by atoms with Gasteiger partial charge in [-0.2, -0.15) is 0 Å². The Labute approximate surface area is 222 Å². The topological polar surface area (TPSA) is 60.5 Å². The third-order valence-corrected chi connectivity index (χ3v) is 7.37. The minimum absolute atomic E-state index is 0.0625. The van der Waals surface area contributed by atoms with Gasteiger partial charge < -0.3 is 23.8 Å². The highest BCUT2D eigenvalue weighted by molar-refractivity contribution is 6.35. The molecule has 2 aliphatic heterocycles. The minimum Gasteiger partial charge on any atom is -0.497 e. The third kappa shape index (κ3) is 5.63. The summed E-state index contributed by atoms with van der Waals surface area (Å²) in [6, 6.07) is 19.0. The van der Waals surface area contributed by atoms with Gasteiger partial charge in [0.2, 0.25) is 0 Å². The van der Waals surface area contributed by atoms with Crippen LogP contribution in [-0.2, 0) is 13.2 Å². The predicted octanol–water partition coefficient (Wildman–Crippen LogP) is 5.05. The summed E-state index contributed by atoms with van der Waals surface area (Å²) >= 11 is 6.87. The summed E-state index contributed by atoms with van der Waals surface area (Å²) in [5.74, 6) is 2.33. The zero-order valence-corrected chi connectivity index (χ0v) is 21.9. The van der Waals surface area contributed by atoms with Crippen molar-refractivity contribution >= 4 is 17.5 Å². The van der Waals surface area contributed by atoms with Crippen LogP contribution in [0, 0.1) is 0 Å². The van der Waals surface area contributed by atoms with Crippen molar-refractivity contribution < 1.29 is 23.7 Å². The second-order valence-electron chi connectivity index (χ2n) is 9.27. The molecule has 2 fully saturated rings. The van der Waals surface area contributed by atoms with Crippen molar-refractivity contribution in [2.24, 2.45) is 0 Å². The molecule has 2 atom stereocenters. The maximum Gasteiger partial charge on any atom is 0.255 e. The predicted molar refractivity (Wildman–Crippen MR) is 142 cm³/mol. The normalized spacial score (nSPS) is 18.4. The van der Waals surface area contributed by atoms with Crippen molar-refractivity contribution in [1.29, 1.82) is 0 Å². The third-order valence-electron chi connectivity index (χ3n) is 6.99. The van der Waals surface area contributed by atoms with E-state index in [1.165, 1.54) is 0 Å². The first-order valence-electron chi connectivity index (χ1n) is 12.4. The van der Waals surface area contributed by atoms with E-state index in [0.29, 0.717) is 30.2 Å². The lowest BCUT2D eigenvalue weighted by atomic mass is 10.1. The van der Waals surface area contributed by atoms with Crippen molar-refractivity contribution in [3.8, 4) is 23.0 Å². The number of nitrogens with zero attached hydrogens (tertiary/aromatic N) is 2. The summed E-state index contributed by atoms with van der Waals surface area (Å²) in [4.78, 5) is 17.9. The Balaban J connectivity index is 1.39. The number of methoxy groups -OCH3 is 2. The fourth-order valence-corrected chi connectivity index (χ4v) is 5.13. The minimum atomic E-state index is -0.0625. The Morgan fingerprint density at radius 3 is 2.08 bits per heavy atom. The van der Waals surface area contributed by atoms with Crippen LogP contribution >= 0.6 is 11.6 Å². The summed E-state index contributed by atoms with van der Waals surface area (Å²) in [6.45, 7) is 4.14. The molecule has 37 heavy (non-hydrogen) atoms. The highest BCUT2D eigenvalue weighted by Crippen LogP contribution is 2.40. The van der Waals surface area contributed by atoms with Crippen LogP contribution in [0.15, 0.2) is 60.7 Å². The first-order valence-corrected chi connectivity index (χ1v) is 12.8. The van der Waals surface area contributed by atoms with Gasteiger partial charge in [-0.15, -0.1) is 0 Å². The summed E-state index contributed by atoms with van der Waals surface area (Å²) in [6.07, 6.45) is 0.993. The lowest BCUT2D eigenvalue weighted by molar-refractivity contribution is 0.0609. The van der Waals surface area contributed by atoms with Crippen LogP contribution in [0.3, 0.4) is 0 Å².